The molecule has 1 heterocycles. The lowest BCUT2D eigenvalue weighted by molar-refractivity contribution is -0.119. The van der Waals surface area contributed by atoms with Crippen LogP contribution in [-0.4, -0.2) is 21.6 Å². The molecule has 0 bridgehead atoms. The lowest BCUT2D eigenvalue weighted by atomic mass is 10.1. The number of rotatable bonds is 8. The number of aromatic nitrogens is 1. The van der Waals surface area contributed by atoms with E-state index in [4.69, 9.17) is 11.6 Å². The number of aromatic carboxylic acids is 1. The Morgan fingerprint density at radius 2 is 1.68 bits per heavy atom. The van der Waals surface area contributed by atoms with Gasteiger partial charge in [-0.15, -0.1) is 11.8 Å². The number of nitrogens with one attached hydrogen (secondary N) is 1. The zero-order valence-corrected chi connectivity index (χ0v) is 23.5. The topological polar surface area (TPSA) is 71.3 Å². The second kappa shape index (κ2) is 11.4. The molecule has 1 aliphatic rings. The van der Waals surface area contributed by atoms with E-state index in [9.17, 15) is 14.7 Å². The van der Waals surface area contributed by atoms with Crippen molar-refractivity contribution in [1.29, 1.82) is 0 Å². The van der Waals surface area contributed by atoms with Crippen LogP contribution in [0.2, 0.25) is 5.02 Å². The van der Waals surface area contributed by atoms with Gasteiger partial charge in [-0.3, -0.25) is 4.79 Å². The maximum Gasteiger partial charge on any atom is 0.335 e. The van der Waals surface area contributed by atoms with Crippen LogP contribution in [0.4, 0.5) is 5.69 Å². The summed E-state index contributed by atoms with van der Waals surface area (Å²) in [6, 6.07) is 27.7. The Balaban J connectivity index is 1.34. The van der Waals surface area contributed by atoms with Gasteiger partial charge in [0.2, 0.25) is 5.91 Å². The highest BCUT2D eigenvalue weighted by Gasteiger charge is 2.23. The monoisotopic (exact) mass is 568 g/mol. The smallest absolute Gasteiger partial charge is 0.335 e. The number of amides is 1. The summed E-state index contributed by atoms with van der Waals surface area (Å²) in [5.74, 6) is -0.125. The first-order chi connectivity index (χ1) is 19.5. The van der Waals surface area contributed by atoms with Crippen LogP contribution >= 0.6 is 23.4 Å². The maximum atomic E-state index is 12.8. The molecule has 1 saturated carbocycles. The fraction of sp³-hybridized carbons (Fsp3) is 0.212. The molecule has 4 aromatic carbocycles. The van der Waals surface area contributed by atoms with Gasteiger partial charge in [-0.25, -0.2) is 4.79 Å². The predicted octanol–water partition coefficient (Wildman–Crippen LogP) is 8.62. The number of halogens is 1. The summed E-state index contributed by atoms with van der Waals surface area (Å²) in [5.41, 5.74) is 3.95. The molecule has 1 fully saturated rings. The molecule has 5 nitrogen and oxygen atoms in total. The van der Waals surface area contributed by atoms with Gasteiger partial charge in [0.1, 0.15) is 0 Å². The fourth-order valence-electron chi connectivity index (χ4n) is 5.54. The minimum Gasteiger partial charge on any atom is -0.478 e. The summed E-state index contributed by atoms with van der Waals surface area (Å²) in [6.45, 7) is 0.546. The summed E-state index contributed by atoms with van der Waals surface area (Å²) < 4.78 is 2.20. The number of carboxylic acid groups (broad SMARTS) is 1. The minimum absolute atomic E-state index is 0.0815. The SMILES string of the molecule is O=C(O)c1ccc(Cn2c(CSc3ccc4ccccc4c3)c(Cl)c3cc(NC(=O)C4CCCC4)ccc32)cc1. The molecule has 1 aliphatic carbocycles. The van der Waals surface area contributed by atoms with Crippen LogP contribution in [0.3, 0.4) is 0 Å². The van der Waals surface area contributed by atoms with Crippen molar-refractivity contribution in [3.8, 4) is 0 Å². The van der Waals surface area contributed by atoms with E-state index < -0.39 is 5.97 Å². The number of fused-ring (bicyclic) bond motifs is 2. The molecule has 7 heteroatoms. The molecule has 2 N–H and O–H groups in total. The molecular formula is C33H29ClN2O3S. The van der Waals surface area contributed by atoms with E-state index in [0.29, 0.717) is 17.3 Å². The standard InChI is InChI=1S/C33H29ClN2O3S/c34-31-28-18-26(35-32(37)23-6-2-3-7-23)14-16-29(28)36(19-21-9-11-24(12-10-21)33(38)39)30(31)20-40-27-15-13-22-5-1-4-8-25(22)17-27/h1,4-5,8-18,23H,2-3,6-7,19-20H2,(H,35,37)(H,38,39). The summed E-state index contributed by atoms with van der Waals surface area (Å²) in [5, 5.41) is 16.4. The van der Waals surface area contributed by atoms with Crippen molar-refractivity contribution >= 4 is 62.6 Å². The average Bonchev–Trinajstić information content (AvgIpc) is 3.60. The van der Waals surface area contributed by atoms with Crippen LogP contribution in [0.25, 0.3) is 21.7 Å². The predicted molar refractivity (Wildman–Crippen MR) is 164 cm³/mol. The number of benzene rings is 4. The first kappa shape index (κ1) is 26.5. The minimum atomic E-state index is -0.944. The molecule has 40 heavy (non-hydrogen) atoms. The van der Waals surface area contributed by atoms with Gasteiger partial charge >= 0.3 is 5.97 Å². The van der Waals surface area contributed by atoms with Crippen molar-refractivity contribution < 1.29 is 14.7 Å². The third-order valence-corrected chi connectivity index (χ3v) is 9.16. The van der Waals surface area contributed by atoms with Crippen molar-refractivity contribution in [3.63, 3.8) is 0 Å². The van der Waals surface area contributed by atoms with Crippen LogP contribution in [0.1, 0.15) is 47.3 Å². The fourth-order valence-corrected chi connectivity index (χ4v) is 6.92. The van der Waals surface area contributed by atoms with Crippen molar-refractivity contribution in [1.82, 2.24) is 4.57 Å². The summed E-state index contributed by atoms with van der Waals surface area (Å²) in [6.07, 6.45) is 4.11. The molecule has 0 unspecified atom stereocenters. The van der Waals surface area contributed by atoms with Crippen molar-refractivity contribution in [2.45, 2.75) is 42.9 Å². The van der Waals surface area contributed by atoms with Gasteiger partial charge in [0.05, 0.1) is 16.1 Å². The molecule has 5 aromatic rings. The Labute approximate surface area is 242 Å². The largest absolute Gasteiger partial charge is 0.478 e. The first-order valence-corrected chi connectivity index (χ1v) is 14.9. The molecule has 0 spiro atoms. The van der Waals surface area contributed by atoms with E-state index in [1.165, 1.54) is 10.8 Å². The molecule has 0 saturated heterocycles. The molecule has 6 rings (SSSR count). The van der Waals surface area contributed by atoms with Crippen LogP contribution in [0, 0.1) is 5.92 Å². The lowest BCUT2D eigenvalue weighted by Gasteiger charge is -2.13. The van der Waals surface area contributed by atoms with Crippen LogP contribution in [0.15, 0.2) is 89.8 Å². The second-order valence-corrected chi connectivity index (χ2v) is 11.8. The van der Waals surface area contributed by atoms with E-state index in [1.54, 1.807) is 23.9 Å². The van der Waals surface area contributed by atoms with E-state index >= 15 is 0 Å². The Morgan fingerprint density at radius 1 is 0.925 bits per heavy atom. The molecule has 1 amide bonds. The summed E-state index contributed by atoms with van der Waals surface area (Å²) in [7, 11) is 0. The molecule has 0 atom stereocenters. The molecule has 0 radical (unpaired) electrons. The van der Waals surface area contributed by atoms with Gasteiger partial charge in [0.15, 0.2) is 0 Å². The number of carboxylic acids is 1. The summed E-state index contributed by atoms with van der Waals surface area (Å²) in [4.78, 5) is 25.3. The number of carbonyl (C=O) groups is 2. The van der Waals surface area contributed by atoms with Crippen molar-refractivity contribution in [3.05, 3.63) is 107 Å². The number of nitrogens with zero attached hydrogens (tertiary/aromatic N) is 1. The van der Waals surface area contributed by atoms with E-state index in [0.717, 1.165) is 58.4 Å². The van der Waals surface area contributed by atoms with Gasteiger partial charge in [-0.2, -0.15) is 0 Å². The zero-order valence-electron chi connectivity index (χ0n) is 21.9. The van der Waals surface area contributed by atoms with Crippen LogP contribution < -0.4 is 5.32 Å². The number of hydrogen-bond acceptors (Lipinski definition) is 3. The average molecular weight is 569 g/mol. The van der Waals surface area contributed by atoms with Crippen molar-refractivity contribution in [2.75, 3.05) is 5.32 Å². The Morgan fingerprint density at radius 3 is 2.42 bits per heavy atom. The van der Waals surface area contributed by atoms with Gasteiger partial charge in [-0.05, 0) is 71.6 Å². The quantitative estimate of drug-likeness (QED) is 0.184. The van der Waals surface area contributed by atoms with Crippen LogP contribution in [0.5, 0.6) is 0 Å². The molecule has 0 aliphatic heterocycles. The normalized spacial score (nSPS) is 13.7. The number of thioether (sulfide) groups is 1. The van der Waals surface area contributed by atoms with Gasteiger partial charge in [0.25, 0.3) is 0 Å². The van der Waals surface area contributed by atoms with Crippen molar-refractivity contribution in [2.24, 2.45) is 5.92 Å². The number of hydrogen-bond donors (Lipinski definition) is 2. The molecule has 1 aromatic heterocycles. The molecule has 202 valence electrons. The summed E-state index contributed by atoms with van der Waals surface area (Å²) >= 11 is 8.80. The Hall–Kier alpha value is -3.74. The second-order valence-electron chi connectivity index (χ2n) is 10.3. The first-order valence-electron chi connectivity index (χ1n) is 13.5. The maximum absolute atomic E-state index is 12.8. The third-order valence-electron chi connectivity index (χ3n) is 7.73. The highest BCUT2D eigenvalue weighted by Crippen LogP contribution is 2.37. The Kier molecular flexibility index (Phi) is 7.55. The highest BCUT2D eigenvalue weighted by atomic mass is 35.5. The molecular weight excluding hydrogens is 540 g/mol. The lowest BCUT2D eigenvalue weighted by Crippen LogP contribution is -2.20. The zero-order chi connectivity index (χ0) is 27.6. The Bertz CT molecular complexity index is 1720. The highest BCUT2D eigenvalue weighted by molar-refractivity contribution is 7.98. The van der Waals surface area contributed by atoms with Crippen LogP contribution in [-0.2, 0) is 17.1 Å². The van der Waals surface area contributed by atoms with E-state index in [1.807, 2.05) is 42.5 Å². The van der Waals surface area contributed by atoms with E-state index in [-0.39, 0.29) is 17.4 Å². The van der Waals surface area contributed by atoms with Gasteiger partial charge < -0.3 is 15.0 Å². The number of anilines is 1. The van der Waals surface area contributed by atoms with E-state index in [2.05, 4.69) is 40.2 Å². The van der Waals surface area contributed by atoms with Gasteiger partial charge in [-0.1, -0.05) is 66.9 Å². The van der Waals surface area contributed by atoms with Gasteiger partial charge in [0, 0.05) is 39.9 Å². The third kappa shape index (κ3) is 5.47. The number of carbonyl (C=O) groups excluding carboxylic acids is 1.